The lowest BCUT2D eigenvalue weighted by molar-refractivity contribution is 0.140. The molecule has 0 unspecified atom stereocenters. The van der Waals surface area contributed by atoms with Crippen molar-refractivity contribution in [2.45, 2.75) is 39.2 Å². The van der Waals surface area contributed by atoms with Crippen LogP contribution in [-0.4, -0.2) is 52.2 Å². The number of rotatable bonds is 5. The lowest BCUT2D eigenvalue weighted by Crippen LogP contribution is -2.46. The molecule has 2 N–H and O–H groups in total. The molecule has 7 nitrogen and oxygen atoms in total. The third kappa shape index (κ3) is 4.78. The molecule has 8 heteroatoms. The minimum absolute atomic E-state index is 0. The Bertz CT molecular complexity index is 722. The summed E-state index contributed by atoms with van der Waals surface area (Å²) in [6, 6.07) is 8.00. The van der Waals surface area contributed by atoms with E-state index in [0.29, 0.717) is 18.3 Å². The molecule has 0 bridgehead atoms. The van der Waals surface area contributed by atoms with Crippen molar-refractivity contribution in [1.29, 1.82) is 0 Å². The highest BCUT2D eigenvalue weighted by Crippen LogP contribution is 2.29. The average Bonchev–Trinajstić information content (AvgIpc) is 3.19. The van der Waals surface area contributed by atoms with Crippen molar-refractivity contribution >= 4 is 18.4 Å². The Morgan fingerprint density at radius 2 is 1.85 bits per heavy atom. The van der Waals surface area contributed by atoms with Crippen LogP contribution in [-0.2, 0) is 6.54 Å². The van der Waals surface area contributed by atoms with Gasteiger partial charge in [0.2, 0.25) is 11.7 Å². The number of piperidine rings is 1. The smallest absolute Gasteiger partial charge is 0.319 e. The molecule has 1 aromatic heterocycles. The first-order valence-corrected chi connectivity index (χ1v) is 9.33. The summed E-state index contributed by atoms with van der Waals surface area (Å²) in [7, 11) is 0. The SMILES string of the molecule is CCN(CC)C(=O)N1CCC(c2nc(-c3ccc(CN)cc3)no2)CC1.Cl. The van der Waals surface area contributed by atoms with Gasteiger partial charge in [0.25, 0.3) is 0 Å². The number of amides is 2. The number of likely N-dealkylation sites (tertiary alicyclic amines) is 1. The molecule has 0 spiro atoms. The summed E-state index contributed by atoms with van der Waals surface area (Å²) in [5.74, 6) is 1.48. The van der Waals surface area contributed by atoms with Gasteiger partial charge in [0.15, 0.2) is 0 Å². The van der Waals surface area contributed by atoms with Crippen LogP contribution < -0.4 is 5.73 Å². The van der Waals surface area contributed by atoms with Crippen molar-refractivity contribution in [3.8, 4) is 11.4 Å². The highest BCUT2D eigenvalue weighted by Gasteiger charge is 2.29. The van der Waals surface area contributed by atoms with Crippen molar-refractivity contribution in [2.75, 3.05) is 26.2 Å². The lowest BCUT2D eigenvalue weighted by Gasteiger charge is -2.34. The summed E-state index contributed by atoms with van der Waals surface area (Å²) < 4.78 is 5.50. The molecule has 0 radical (unpaired) electrons. The number of nitrogens with two attached hydrogens (primary N) is 1. The zero-order chi connectivity index (χ0) is 18.5. The summed E-state index contributed by atoms with van der Waals surface area (Å²) in [6.07, 6.45) is 1.70. The highest BCUT2D eigenvalue weighted by molar-refractivity contribution is 5.85. The fourth-order valence-corrected chi connectivity index (χ4v) is 3.32. The molecule has 1 aliphatic heterocycles. The molecule has 27 heavy (non-hydrogen) atoms. The van der Waals surface area contributed by atoms with E-state index >= 15 is 0 Å². The molecule has 1 saturated heterocycles. The Kier molecular flexibility index (Phi) is 7.62. The quantitative estimate of drug-likeness (QED) is 0.842. The molecule has 2 amide bonds. The minimum Gasteiger partial charge on any atom is -0.339 e. The van der Waals surface area contributed by atoms with Crippen molar-refractivity contribution in [3.63, 3.8) is 0 Å². The van der Waals surface area contributed by atoms with Crippen LogP contribution in [0.1, 0.15) is 44.1 Å². The molecule has 148 valence electrons. The van der Waals surface area contributed by atoms with Crippen LogP contribution in [0.15, 0.2) is 28.8 Å². The third-order valence-electron chi connectivity index (χ3n) is 5.04. The van der Waals surface area contributed by atoms with Crippen molar-refractivity contribution in [2.24, 2.45) is 5.73 Å². The number of halogens is 1. The molecule has 2 heterocycles. The van der Waals surface area contributed by atoms with Gasteiger partial charge in [-0.05, 0) is 32.3 Å². The van der Waals surface area contributed by atoms with E-state index in [1.54, 1.807) is 0 Å². The van der Waals surface area contributed by atoms with Crippen molar-refractivity contribution in [1.82, 2.24) is 19.9 Å². The lowest BCUT2D eigenvalue weighted by atomic mass is 9.97. The van der Waals surface area contributed by atoms with Gasteiger partial charge in [-0.25, -0.2) is 4.79 Å². The zero-order valence-corrected chi connectivity index (χ0v) is 16.7. The number of benzene rings is 1. The number of aromatic nitrogens is 2. The van der Waals surface area contributed by atoms with E-state index in [2.05, 4.69) is 10.1 Å². The minimum atomic E-state index is 0. The third-order valence-corrected chi connectivity index (χ3v) is 5.04. The molecule has 0 saturated carbocycles. The maximum absolute atomic E-state index is 12.4. The van der Waals surface area contributed by atoms with Gasteiger partial charge in [-0.15, -0.1) is 12.4 Å². The molecular weight excluding hydrogens is 366 g/mol. The van der Waals surface area contributed by atoms with Crippen LogP contribution in [0, 0.1) is 0 Å². The first-order valence-electron chi connectivity index (χ1n) is 9.33. The Hall–Kier alpha value is -2.12. The maximum atomic E-state index is 12.4. The summed E-state index contributed by atoms with van der Waals surface area (Å²) in [6.45, 7) is 7.47. The Balaban J connectivity index is 0.00000261. The maximum Gasteiger partial charge on any atom is 0.319 e. The summed E-state index contributed by atoms with van der Waals surface area (Å²) in [5, 5.41) is 4.12. The summed E-state index contributed by atoms with van der Waals surface area (Å²) >= 11 is 0. The second kappa shape index (κ2) is 9.71. The first-order chi connectivity index (χ1) is 12.7. The Morgan fingerprint density at radius 1 is 1.22 bits per heavy atom. The largest absolute Gasteiger partial charge is 0.339 e. The van der Waals surface area contributed by atoms with E-state index in [-0.39, 0.29) is 24.4 Å². The Morgan fingerprint density at radius 3 is 2.41 bits per heavy atom. The second-order valence-electron chi connectivity index (χ2n) is 6.57. The first kappa shape index (κ1) is 21.2. The normalized spacial score (nSPS) is 14.7. The number of carbonyl (C=O) groups is 1. The standard InChI is InChI=1S/C19H27N5O2.ClH/c1-3-23(4-2)19(25)24-11-9-16(10-12-24)18-21-17(22-26-18)15-7-5-14(13-20)6-8-15;/h5-8,16H,3-4,9-13,20H2,1-2H3;1H. The van der Waals surface area contributed by atoms with Crippen LogP contribution >= 0.6 is 12.4 Å². The van der Waals surface area contributed by atoms with E-state index in [9.17, 15) is 4.79 Å². The number of nitrogens with zero attached hydrogens (tertiary/aromatic N) is 4. The highest BCUT2D eigenvalue weighted by atomic mass is 35.5. The molecule has 1 fully saturated rings. The van der Waals surface area contributed by atoms with Gasteiger partial charge in [-0.2, -0.15) is 4.98 Å². The summed E-state index contributed by atoms with van der Waals surface area (Å²) in [5.41, 5.74) is 7.62. The molecular formula is C19H28ClN5O2. The van der Waals surface area contributed by atoms with Gasteiger partial charge < -0.3 is 20.1 Å². The van der Waals surface area contributed by atoms with E-state index in [1.807, 2.05) is 47.9 Å². The second-order valence-corrected chi connectivity index (χ2v) is 6.57. The molecule has 0 aliphatic carbocycles. The number of urea groups is 1. The predicted octanol–water partition coefficient (Wildman–Crippen LogP) is 3.26. The molecule has 0 atom stereocenters. The van der Waals surface area contributed by atoms with Gasteiger partial charge in [-0.3, -0.25) is 0 Å². The molecule has 1 aliphatic rings. The van der Waals surface area contributed by atoms with Gasteiger partial charge in [0.1, 0.15) is 0 Å². The van der Waals surface area contributed by atoms with Crippen LogP contribution in [0.4, 0.5) is 4.79 Å². The molecule has 1 aromatic carbocycles. The fourth-order valence-electron chi connectivity index (χ4n) is 3.32. The van der Waals surface area contributed by atoms with Crippen molar-refractivity contribution in [3.05, 3.63) is 35.7 Å². The predicted molar refractivity (Wildman–Crippen MR) is 107 cm³/mol. The van der Waals surface area contributed by atoms with Crippen LogP contribution in [0.3, 0.4) is 0 Å². The van der Waals surface area contributed by atoms with Crippen molar-refractivity contribution < 1.29 is 9.32 Å². The number of carbonyl (C=O) groups excluding carboxylic acids is 1. The zero-order valence-electron chi connectivity index (χ0n) is 15.9. The number of hydrogen-bond donors (Lipinski definition) is 1. The monoisotopic (exact) mass is 393 g/mol. The van der Waals surface area contributed by atoms with Crippen LogP contribution in [0.5, 0.6) is 0 Å². The summed E-state index contributed by atoms with van der Waals surface area (Å²) in [4.78, 5) is 20.8. The van der Waals surface area contributed by atoms with Gasteiger partial charge in [-0.1, -0.05) is 29.4 Å². The van der Waals surface area contributed by atoms with Gasteiger partial charge >= 0.3 is 6.03 Å². The Labute approximate surface area is 166 Å². The molecule has 3 rings (SSSR count). The average molecular weight is 394 g/mol. The van der Waals surface area contributed by atoms with Gasteiger partial charge in [0, 0.05) is 44.2 Å². The van der Waals surface area contributed by atoms with E-state index in [4.69, 9.17) is 10.3 Å². The van der Waals surface area contributed by atoms with Crippen LogP contribution in [0.2, 0.25) is 0 Å². The number of hydrogen-bond acceptors (Lipinski definition) is 5. The van der Waals surface area contributed by atoms with E-state index in [1.165, 1.54) is 0 Å². The fraction of sp³-hybridized carbons (Fsp3) is 0.526. The molecule has 2 aromatic rings. The van der Waals surface area contributed by atoms with Crippen LogP contribution in [0.25, 0.3) is 11.4 Å². The van der Waals surface area contributed by atoms with E-state index < -0.39 is 0 Å². The topological polar surface area (TPSA) is 88.5 Å². The van der Waals surface area contributed by atoms with Gasteiger partial charge in [0.05, 0.1) is 0 Å². The van der Waals surface area contributed by atoms with E-state index in [0.717, 1.165) is 50.1 Å².